The number of rotatable bonds is 3. The molecule has 0 aromatic heterocycles. The Morgan fingerprint density at radius 2 is 1.85 bits per heavy atom. The van der Waals surface area contributed by atoms with Gasteiger partial charge in [-0.3, -0.25) is 0 Å². The van der Waals surface area contributed by atoms with Gasteiger partial charge in [-0.2, -0.15) is 0 Å². The summed E-state index contributed by atoms with van der Waals surface area (Å²) in [4.78, 5) is 2.28. The maximum Gasteiger partial charge on any atom is 0.0497 e. The molecule has 1 aromatic carbocycles. The summed E-state index contributed by atoms with van der Waals surface area (Å²) in [6.07, 6.45) is 4.63. The quantitative estimate of drug-likeness (QED) is 0.889. The van der Waals surface area contributed by atoms with Gasteiger partial charge in [0.2, 0.25) is 0 Å². The van der Waals surface area contributed by atoms with Crippen molar-refractivity contribution in [3.63, 3.8) is 0 Å². The molecule has 4 heteroatoms. The number of hydrogen-bond donors (Lipinski definition) is 1. The van der Waals surface area contributed by atoms with Crippen LogP contribution in [0.25, 0.3) is 0 Å². The first kappa shape index (κ1) is 16.1. The van der Waals surface area contributed by atoms with Crippen LogP contribution >= 0.6 is 23.2 Å². The lowest BCUT2D eigenvalue weighted by Gasteiger charge is -2.48. The molecule has 0 bridgehead atoms. The monoisotopic (exact) mass is 314 g/mol. The van der Waals surface area contributed by atoms with Gasteiger partial charge in [0.15, 0.2) is 0 Å². The Kier molecular flexibility index (Phi) is 5.01. The Balaban J connectivity index is 2.36. The first-order chi connectivity index (χ1) is 9.36. The molecular formula is C16H24Cl2N2. The van der Waals surface area contributed by atoms with Crippen molar-refractivity contribution in [2.24, 2.45) is 11.7 Å². The summed E-state index contributed by atoms with van der Waals surface area (Å²) in [7, 11) is 4.24. The molecule has 112 valence electrons. The zero-order chi connectivity index (χ0) is 14.9. The largest absolute Gasteiger partial charge is 0.322 e. The predicted octanol–water partition coefficient (Wildman–Crippen LogP) is 4.50. The number of nitrogens with two attached hydrogens (primary N) is 1. The van der Waals surface area contributed by atoms with Crippen molar-refractivity contribution in [3.8, 4) is 0 Å². The maximum absolute atomic E-state index is 6.64. The molecule has 1 unspecified atom stereocenters. The van der Waals surface area contributed by atoms with Crippen molar-refractivity contribution in [1.29, 1.82) is 0 Å². The Bertz CT molecular complexity index is 466. The van der Waals surface area contributed by atoms with Gasteiger partial charge in [0.1, 0.15) is 0 Å². The molecule has 0 heterocycles. The summed E-state index contributed by atoms with van der Waals surface area (Å²) in [5.74, 6) is 0.783. The van der Waals surface area contributed by atoms with Crippen molar-refractivity contribution in [2.45, 2.75) is 44.2 Å². The summed E-state index contributed by atoms with van der Waals surface area (Å²) in [5.41, 5.74) is 7.57. The molecule has 1 fully saturated rings. The number of benzene rings is 1. The van der Waals surface area contributed by atoms with E-state index < -0.39 is 0 Å². The fraction of sp³-hybridized carbons (Fsp3) is 0.625. The van der Waals surface area contributed by atoms with Crippen LogP contribution in [0.1, 0.15) is 44.2 Å². The molecule has 0 aliphatic heterocycles. The highest BCUT2D eigenvalue weighted by Gasteiger charge is 2.42. The Morgan fingerprint density at radius 3 is 2.40 bits per heavy atom. The summed E-state index contributed by atoms with van der Waals surface area (Å²) in [5, 5.41) is 1.40. The van der Waals surface area contributed by atoms with Gasteiger partial charge < -0.3 is 10.6 Å². The van der Waals surface area contributed by atoms with Crippen LogP contribution in [0.15, 0.2) is 18.2 Å². The second-order valence-corrected chi connectivity index (χ2v) is 7.17. The van der Waals surface area contributed by atoms with Crippen LogP contribution < -0.4 is 5.73 Å². The van der Waals surface area contributed by atoms with Gasteiger partial charge in [0.25, 0.3) is 0 Å². The van der Waals surface area contributed by atoms with Crippen LogP contribution in [0, 0.1) is 5.92 Å². The second-order valence-electron chi connectivity index (χ2n) is 6.32. The normalized spacial score (nSPS) is 28.6. The topological polar surface area (TPSA) is 29.3 Å². The van der Waals surface area contributed by atoms with E-state index in [1.165, 1.54) is 12.8 Å². The fourth-order valence-electron chi connectivity index (χ4n) is 3.34. The molecule has 2 rings (SSSR count). The Hall–Kier alpha value is -0.280. The highest BCUT2D eigenvalue weighted by atomic mass is 35.5. The summed E-state index contributed by atoms with van der Waals surface area (Å²) in [6.45, 7) is 2.32. The SMILES string of the molecule is CC1CCC(C(N)c2cc(Cl)ccc2Cl)(N(C)C)CC1. The molecule has 0 saturated heterocycles. The van der Waals surface area contributed by atoms with E-state index in [2.05, 4.69) is 25.9 Å². The highest BCUT2D eigenvalue weighted by Crippen LogP contribution is 2.44. The lowest BCUT2D eigenvalue weighted by molar-refractivity contribution is 0.0565. The third-order valence-electron chi connectivity index (χ3n) is 4.90. The lowest BCUT2D eigenvalue weighted by atomic mass is 9.70. The van der Waals surface area contributed by atoms with E-state index in [0.717, 1.165) is 24.3 Å². The van der Waals surface area contributed by atoms with E-state index in [1.54, 1.807) is 0 Å². The Morgan fingerprint density at radius 1 is 1.25 bits per heavy atom. The number of likely N-dealkylation sites (N-methyl/N-ethyl adjacent to an activating group) is 1. The molecule has 1 atom stereocenters. The third kappa shape index (κ3) is 2.99. The molecule has 1 saturated carbocycles. The standard InChI is InChI=1S/C16H24Cl2N2/c1-11-6-8-16(9-7-11,20(2)3)15(19)13-10-12(17)4-5-14(13)18/h4-5,10-11,15H,6-9,19H2,1-3H3. The van der Waals surface area contributed by atoms with E-state index in [4.69, 9.17) is 28.9 Å². The van der Waals surface area contributed by atoms with Gasteiger partial charge in [-0.1, -0.05) is 30.1 Å². The smallest absolute Gasteiger partial charge is 0.0497 e. The second kappa shape index (κ2) is 6.23. The number of hydrogen-bond acceptors (Lipinski definition) is 2. The number of halogens is 2. The fourth-order valence-corrected chi connectivity index (χ4v) is 3.76. The minimum Gasteiger partial charge on any atom is -0.322 e. The lowest BCUT2D eigenvalue weighted by Crippen LogP contribution is -2.54. The van der Waals surface area contributed by atoms with Crippen molar-refractivity contribution >= 4 is 23.2 Å². The van der Waals surface area contributed by atoms with Crippen LogP contribution in [0.5, 0.6) is 0 Å². The van der Waals surface area contributed by atoms with E-state index in [9.17, 15) is 0 Å². The molecule has 0 amide bonds. The van der Waals surface area contributed by atoms with Crippen LogP contribution in [-0.2, 0) is 0 Å². The molecular weight excluding hydrogens is 291 g/mol. The van der Waals surface area contributed by atoms with Gasteiger partial charge >= 0.3 is 0 Å². The molecule has 20 heavy (non-hydrogen) atoms. The molecule has 1 aliphatic carbocycles. The minimum atomic E-state index is -0.115. The molecule has 0 radical (unpaired) electrons. The zero-order valence-corrected chi connectivity index (χ0v) is 14.0. The zero-order valence-electron chi connectivity index (χ0n) is 12.5. The highest BCUT2D eigenvalue weighted by molar-refractivity contribution is 6.33. The van der Waals surface area contributed by atoms with Gasteiger partial charge in [0.05, 0.1) is 0 Å². The van der Waals surface area contributed by atoms with Crippen LogP contribution in [0.2, 0.25) is 10.0 Å². The first-order valence-corrected chi connectivity index (χ1v) is 8.00. The van der Waals surface area contributed by atoms with E-state index in [0.29, 0.717) is 10.0 Å². The van der Waals surface area contributed by atoms with Gasteiger partial charge in [-0.25, -0.2) is 0 Å². The van der Waals surface area contributed by atoms with Crippen molar-refractivity contribution in [1.82, 2.24) is 4.90 Å². The molecule has 1 aliphatic rings. The van der Waals surface area contributed by atoms with Gasteiger partial charge in [0, 0.05) is 21.6 Å². The summed E-state index contributed by atoms with van der Waals surface area (Å²) < 4.78 is 0. The summed E-state index contributed by atoms with van der Waals surface area (Å²) in [6, 6.07) is 5.45. The third-order valence-corrected chi connectivity index (χ3v) is 5.48. The van der Waals surface area contributed by atoms with E-state index in [-0.39, 0.29) is 11.6 Å². The number of nitrogens with zero attached hydrogens (tertiary/aromatic N) is 1. The van der Waals surface area contributed by atoms with Gasteiger partial charge in [-0.15, -0.1) is 0 Å². The van der Waals surface area contributed by atoms with Crippen LogP contribution in [0.3, 0.4) is 0 Å². The van der Waals surface area contributed by atoms with Crippen LogP contribution in [0.4, 0.5) is 0 Å². The van der Waals surface area contributed by atoms with Crippen molar-refractivity contribution in [3.05, 3.63) is 33.8 Å². The molecule has 2 nitrogen and oxygen atoms in total. The average molecular weight is 315 g/mol. The molecule has 1 aromatic rings. The van der Waals surface area contributed by atoms with Crippen molar-refractivity contribution in [2.75, 3.05) is 14.1 Å². The van der Waals surface area contributed by atoms with Gasteiger partial charge in [-0.05, 0) is 69.5 Å². The predicted molar refractivity (Wildman–Crippen MR) is 87.4 cm³/mol. The molecule has 2 N–H and O–H groups in total. The minimum absolute atomic E-state index is 0.0270. The van der Waals surface area contributed by atoms with Crippen molar-refractivity contribution < 1.29 is 0 Å². The first-order valence-electron chi connectivity index (χ1n) is 7.25. The maximum atomic E-state index is 6.64. The summed E-state index contributed by atoms with van der Waals surface area (Å²) >= 11 is 12.5. The average Bonchev–Trinajstić information content (AvgIpc) is 2.41. The van der Waals surface area contributed by atoms with E-state index in [1.807, 2.05) is 18.2 Å². The van der Waals surface area contributed by atoms with E-state index >= 15 is 0 Å². The van der Waals surface area contributed by atoms with Crippen LogP contribution in [-0.4, -0.2) is 24.5 Å². The Labute approximate surface area is 132 Å². The molecule has 0 spiro atoms.